The summed E-state index contributed by atoms with van der Waals surface area (Å²) in [5, 5.41) is 2.97. The third kappa shape index (κ3) is 4.31. The standard InChI is InChI=1S/C22H22N2O2S/c1-14-20(16(3)25)15(2)24-21(14)22(26)23-13-17-9-7-8-12-19(17)27-18-10-5-4-6-11-18/h4-12,24H,13H2,1-3H3,(H,23,26). The molecule has 138 valence electrons. The number of hydrogen-bond donors (Lipinski definition) is 2. The summed E-state index contributed by atoms with van der Waals surface area (Å²) < 4.78 is 0. The summed E-state index contributed by atoms with van der Waals surface area (Å²) in [6, 6.07) is 18.2. The van der Waals surface area contributed by atoms with Crippen molar-refractivity contribution < 1.29 is 9.59 Å². The van der Waals surface area contributed by atoms with Crippen LogP contribution in [0.1, 0.15) is 44.6 Å². The lowest BCUT2D eigenvalue weighted by atomic mass is 10.1. The van der Waals surface area contributed by atoms with Crippen LogP contribution in [0.5, 0.6) is 0 Å². The Hall–Kier alpha value is -2.79. The van der Waals surface area contributed by atoms with E-state index in [4.69, 9.17) is 0 Å². The van der Waals surface area contributed by atoms with Gasteiger partial charge in [-0.2, -0.15) is 0 Å². The summed E-state index contributed by atoms with van der Waals surface area (Å²) >= 11 is 1.67. The number of nitrogens with one attached hydrogen (secondary N) is 2. The topological polar surface area (TPSA) is 62.0 Å². The first-order valence-corrected chi connectivity index (χ1v) is 9.58. The molecule has 0 saturated heterocycles. The number of Topliss-reactive ketones (excluding diaryl/α,β-unsaturated/α-hetero) is 1. The number of amides is 1. The van der Waals surface area contributed by atoms with Gasteiger partial charge in [0.25, 0.3) is 5.91 Å². The van der Waals surface area contributed by atoms with E-state index in [1.165, 1.54) is 6.92 Å². The van der Waals surface area contributed by atoms with E-state index in [2.05, 4.69) is 28.5 Å². The first-order valence-electron chi connectivity index (χ1n) is 8.76. The monoisotopic (exact) mass is 378 g/mol. The zero-order valence-electron chi connectivity index (χ0n) is 15.6. The molecule has 0 aliphatic carbocycles. The van der Waals surface area contributed by atoms with E-state index in [9.17, 15) is 9.59 Å². The fourth-order valence-electron chi connectivity index (χ4n) is 3.13. The van der Waals surface area contributed by atoms with Gasteiger partial charge >= 0.3 is 0 Å². The molecular weight excluding hydrogens is 356 g/mol. The summed E-state index contributed by atoms with van der Waals surface area (Å²) in [6.07, 6.45) is 0. The van der Waals surface area contributed by atoms with Gasteiger partial charge in [0.2, 0.25) is 0 Å². The molecule has 0 saturated carbocycles. The molecular formula is C22H22N2O2S. The van der Waals surface area contributed by atoms with Crippen LogP contribution in [0, 0.1) is 13.8 Å². The first kappa shape index (κ1) is 19.0. The average Bonchev–Trinajstić information content (AvgIpc) is 2.96. The van der Waals surface area contributed by atoms with Crippen LogP contribution in [0.25, 0.3) is 0 Å². The summed E-state index contributed by atoms with van der Waals surface area (Å²) in [7, 11) is 0. The normalized spacial score (nSPS) is 10.6. The van der Waals surface area contributed by atoms with Crippen molar-refractivity contribution in [3.8, 4) is 0 Å². The van der Waals surface area contributed by atoms with Crippen LogP contribution < -0.4 is 5.32 Å². The Morgan fingerprint density at radius 3 is 2.33 bits per heavy atom. The van der Waals surface area contributed by atoms with Gasteiger partial charge in [-0.25, -0.2) is 0 Å². The number of aromatic nitrogens is 1. The highest BCUT2D eigenvalue weighted by atomic mass is 32.2. The molecule has 0 aliphatic rings. The van der Waals surface area contributed by atoms with E-state index >= 15 is 0 Å². The number of rotatable bonds is 6. The molecule has 0 fully saturated rings. The number of carbonyl (C=O) groups is 2. The number of carbonyl (C=O) groups excluding carboxylic acids is 2. The Kier molecular flexibility index (Phi) is 5.81. The molecule has 0 bridgehead atoms. The highest BCUT2D eigenvalue weighted by molar-refractivity contribution is 7.99. The molecule has 2 aromatic carbocycles. The molecule has 5 heteroatoms. The van der Waals surface area contributed by atoms with Crippen LogP contribution in [0.15, 0.2) is 64.4 Å². The molecule has 0 spiro atoms. The molecule has 0 atom stereocenters. The maximum Gasteiger partial charge on any atom is 0.268 e. The van der Waals surface area contributed by atoms with Crippen molar-refractivity contribution in [2.24, 2.45) is 0 Å². The second-order valence-electron chi connectivity index (χ2n) is 6.39. The van der Waals surface area contributed by atoms with Crippen LogP contribution >= 0.6 is 11.8 Å². The highest BCUT2D eigenvalue weighted by Gasteiger charge is 2.19. The summed E-state index contributed by atoms with van der Waals surface area (Å²) in [5.41, 5.74) is 3.52. The Morgan fingerprint density at radius 1 is 1.00 bits per heavy atom. The number of ketones is 1. The summed E-state index contributed by atoms with van der Waals surface area (Å²) in [5.74, 6) is -0.243. The van der Waals surface area contributed by atoms with Gasteiger partial charge in [-0.15, -0.1) is 0 Å². The van der Waals surface area contributed by atoms with Crippen LogP contribution in [0.2, 0.25) is 0 Å². The maximum atomic E-state index is 12.6. The van der Waals surface area contributed by atoms with Crippen LogP contribution in [-0.2, 0) is 6.54 Å². The van der Waals surface area contributed by atoms with Crippen molar-refractivity contribution in [3.05, 3.63) is 82.7 Å². The predicted molar refractivity (Wildman–Crippen MR) is 108 cm³/mol. The molecule has 0 aliphatic heterocycles. The zero-order valence-corrected chi connectivity index (χ0v) is 16.4. The minimum Gasteiger partial charge on any atom is -0.354 e. The Morgan fingerprint density at radius 2 is 1.67 bits per heavy atom. The van der Waals surface area contributed by atoms with Crippen molar-refractivity contribution in [1.82, 2.24) is 10.3 Å². The second kappa shape index (κ2) is 8.27. The third-order valence-electron chi connectivity index (χ3n) is 4.40. The third-order valence-corrected chi connectivity index (χ3v) is 5.53. The first-order chi connectivity index (χ1) is 13.0. The second-order valence-corrected chi connectivity index (χ2v) is 7.50. The van der Waals surface area contributed by atoms with Crippen molar-refractivity contribution in [2.75, 3.05) is 0 Å². The summed E-state index contributed by atoms with van der Waals surface area (Å²) in [4.78, 5) is 29.7. The Bertz CT molecular complexity index is 977. The fraction of sp³-hybridized carbons (Fsp3) is 0.182. The Labute approximate surface area is 163 Å². The van der Waals surface area contributed by atoms with E-state index in [1.807, 2.05) is 43.3 Å². The molecule has 1 heterocycles. The van der Waals surface area contributed by atoms with Gasteiger partial charge in [0, 0.05) is 27.6 Å². The van der Waals surface area contributed by atoms with Gasteiger partial charge in [0.05, 0.1) is 0 Å². The van der Waals surface area contributed by atoms with Gasteiger partial charge in [-0.1, -0.05) is 48.2 Å². The van der Waals surface area contributed by atoms with Crippen molar-refractivity contribution in [2.45, 2.75) is 37.1 Å². The number of hydrogen-bond acceptors (Lipinski definition) is 3. The van der Waals surface area contributed by atoms with Gasteiger partial charge in [-0.3, -0.25) is 9.59 Å². The lowest BCUT2D eigenvalue weighted by Crippen LogP contribution is -2.24. The quantitative estimate of drug-likeness (QED) is 0.599. The SMILES string of the molecule is CC(=O)c1c(C)[nH]c(C(=O)NCc2ccccc2Sc2ccccc2)c1C. The minimum atomic E-state index is -0.206. The van der Waals surface area contributed by atoms with Crippen LogP contribution in [0.3, 0.4) is 0 Å². The van der Waals surface area contributed by atoms with E-state index in [1.54, 1.807) is 18.7 Å². The molecule has 2 N–H and O–H groups in total. The van der Waals surface area contributed by atoms with E-state index < -0.39 is 0 Å². The Balaban J connectivity index is 1.75. The maximum absolute atomic E-state index is 12.6. The fourth-order valence-corrected chi connectivity index (χ4v) is 4.10. The smallest absolute Gasteiger partial charge is 0.268 e. The van der Waals surface area contributed by atoms with E-state index in [0.29, 0.717) is 23.4 Å². The number of H-pyrrole nitrogens is 1. The largest absolute Gasteiger partial charge is 0.354 e. The molecule has 4 nitrogen and oxygen atoms in total. The summed E-state index contributed by atoms with van der Waals surface area (Å²) in [6.45, 7) is 5.55. The van der Waals surface area contributed by atoms with E-state index in [-0.39, 0.29) is 11.7 Å². The molecule has 0 unspecified atom stereocenters. The number of benzene rings is 2. The molecule has 3 aromatic rings. The molecule has 27 heavy (non-hydrogen) atoms. The van der Waals surface area contributed by atoms with Crippen LogP contribution in [-0.4, -0.2) is 16.7 Å². The van der Waals surface area contributed by atoms with Crippen LogP contribution in [0.4, 0.5) is 0 Å². The number of aromatic amines is 1. The molecule has 3 rings (SSSR count). The van der Waals surface area contributed by atoms with Gasteiger partial charge in [0.15, 0.2) is 5.78 Å². The van der Waals surface area contributed by atoms with Crippen molar-refractivity contribution in [1.29, 1.82) is 0 Å². The van der Waals surface area contributed by atoms with Gasteiger partial charge in [-0.05, 0) is 50.1 Å². The molecule has 1 amide bonds. The molecule has 1 aromatic heterocycles. The van der Waals surface area contributed by atoms with Gasteiger partial charge < -0.3 is 10.3 Å². The highest BCUT2D eigenvalue weighted by Crippen LogP contribution is 2.30. The lowest BCUT2D eigenvalue weighted by molar-refractivity contribution is 0.0945. The number of aryl methyl sites for hydroxylation is 1. The van der Waals surface area contributed by atoms with Crippen molar-refractivity contribution in [3.63, 3.8) is 0 Å². The average molecular weight is 378 g/mol. The predicted octanol–water partition coefficient (Wildman–Crippen LogP) is 4.92. The van der Waals surface area contributed by atoms with E-state index in [0.717, 1.165) is 21.0 Å². The van der Waals surface area contributed by atoms with Gasteiger partial charge in [0.1, 0.15) is 5.69 Å². The molecule has 0 radical (unpaired) electrons. The van der Waals surface area contributed by atoms with Crippen molar-refractivity contribution >= 4 is 23.5 Å². The minimum absolute atomic E-state index is 0.0371. The lowest BCUT2D eigenvalue weighted by Gasteiger charge is -2.10. The zero-order chi connectivity index (χ0) is 19.4.